The van der Waals surface area contributed by atoms with Gasteiger partial charge in [-0.2, -0.15) is 0 Å². The third kappa shape index (κ3) is 10.4. The van der Waals surface area contributed by atoms with Crippen LogP contribution in [0.3, 0.4) is 0 Å². The average Bonchev–Trinajstić information content (AvgIpc) is 2.94. The maximum absolute atomic E-state index is 3.43. The largest absolute Gasteiger partial charge is 1.00 e. The number of hydrogen-bond acceptors (Lipinski definition) is 0. The van der Waals surface area contributed by atoms with Crippen molar-refractivity contribution in [3.63, 3.8) is 0 Å². The number of rotatable bonds is 14. The Morgan fingerprint density at radius 1 is 0.773 bits per heavy atom. The van der Waals surface area contributed by atoms with Crippen molar-refractivity contribution in [1.82, 2.24) is 4.98 Å². The van der Waals surface area contributed by atoms with Crippen molar-refractivity contribution in [2.75, 3.05) is 0 Å². The third-order valence-electron chi connectivity index (χ3n) is 4.37. The second-order valence-electron chi connectivity index (χ2n) is 6.39. The first kappa shape index (κ1) is 21.7. The molecule has 1 aromatic rings. The van der Waals surface area contributed by atoms with Crippen LogP contribution >= 0.6 is 0 Å². The van der Waals surface area contributed by atoms with E-state index in [0.717, 1.165) is 0 Å². The summed E-state index contributed by atoms with van der Waals surface area (Å²) in [6.07, 6.45) is 22.1. The predicted octanol–water partition coefficient (Wildman–Crippen LogP) is 2.57. The van der Waals surface area contributed by atoms with E-state index in [0.29, 0.717) is 0 Å². The van der Waals surface area contributed by atoms with E-state index >= 15 is 0 Å². The Bertz CT molecular complexity index is 305. The van der Waals surface area contributed by atoms with E-state index in [1.165, 1.54) is 95.8 Å². The molecule has 0 atom stereocenters. The van der Waals surface area contributed by atoms with Gasteiger partial charge in [-0.25, -0.2) is 9.55 Å². The molecule has 0 aliphatic heterocycles. The van der Waals surface area contributed by atoms with Gasteiger partial charge in [0.05, 0.1) is 6.54 Å². The van der Waals surface area contributed by atoms with E-state index in [2.05, 4.69) is 35.8 Å². The first-order valence-electron chi connectivity index (χ1n) is 9.44. The van der Waals surface area contributed by atoms with Crippen LogP contribution in [0.4, 0.5) is 0 Å². The number of nitrogens with one attached hydrogen (secondary N) is 1. The Morgan fingerprint density at radius 3 is 1.95 bits per heavy atom. The quantitative estimate of drug-likeness (QED) is 0.382. The minimum atomic E-state index is 0. The summed E-state index contributed by atoms with van der Waals surface area (Å²) in [4.78, 5) is 3.43. The minimum Gasteiger partial charge on any atom is -1.00 e. The number of unbranched alkanes of at least 4 members (excludes halogenated alkanes) is 10. The molecule has 0 bridgehead atoms. The van der Waals surface area contributed by atoms with Crippen LogP contribution in [0.1, 0.15) is 96.7 Å². The number of nitrogens with zero attached hydrogens (tertiary/aromatic N) is 1. The smallest absolute Gasteiger partial charge is 0.254 e. The topological polar surface area (TPSA) is 19.7 Å². The van der Waals surface area contributed by atoms with Gasteiger partial charge in [0.2, 0.25) is 0 Å². The lowest BCUT2D eigenvalue weighted by atomic mass is 10.1. The Morgan fingerprint density at radius 2 is 1.32 bits per heavy atom. The molecular formula is C19H37BrN2. The van der Waals surface area contributed by atoms with E-state index in [4.69, 9.17) is 0 Å². The fraction of sp³-hybridized carbons (Fsp3) is 0.842. The molecule has 130 valence electrons. The molecule has 1 N–H and O–H groups in total. The highest BCUT2D eigenvalue weighted by Crippen LogP contribution is 2.08. The molecule has 3 heteroatoms. The van der Waals surface area contributed by atoms with E-state index < -0.39 is 0 Å². The van der Waals surface area contributed by atoms with Gasteiger partial charge in [-0.1, -0.05) is 71.6 Å². The Hall–Kier alpha value is -0.310. The number of aromatic nitrogens is 2. The van der Waals surface area contributed by atoms with E-state index in [9.17, 15) is 0 Å². The maximum Gasteiger partial charge on any atom is 0.254 e. The van der Waals surface area contributed by atoms with Crippen molar-refractivity contribution in [2.24, 2.45) is 0 Å². The summed E-state index contributed by atoms with van der Waals surface area (Å²) in [7, 11) is 0. The molecule has 0 fully saturated rings. The second kappa shape index (κ2) is 15.6. The molecule has 1 rings (SSSR count). The lowest BCUT2D eigenvalue weighted by molar-refractivity contribution is -0.703. The van der Waals surface area contributed by atoms with Crippen molar-refractivity contribution < 1.29 is 21.5 Å². The van der Waals surface area contributed by atoms with E-state index in [-0.39, 0.29) is 17.0 Å². The molecule has 1 aromatic heterocycles. The molecule has 0 unspecified atom stereocenters. The van der Waals surface area contributed by atoms with Gasteiger partial charge in [-0.3, -0.25) is 0 Å². The summed E-state index contributed by atoms with van der Waals surface area (Å²) in [6, 6.07) is 0. The molecule has 22 heavy (non-hydrogen) atoms. The van der Waals surface area contributed by atoms with Gasteiger partial charge in [0.1, 0.15) is 12.4 Å². The SMILES string of the molecule is CCCCCCCCc1[nH]cc[n+]1CCCCCCCC.[Br-]. The summed E-state index contributed by atoms with van der Waals surface area (Å²) in [6.45, 7) is 5.76. The van der Waals surface area contributed by atoms with Crippen LogP contribution in [0.25, 0.3) is 0 Å². The first-order valence-corrected chi connectivity index (χ1v) is 9.44. The summed E-state index contributed by atoms with van der Waals surface area (Å²) in [5.74, 6) is 1.43. The second-order valence-corrected chi connectivity index (χ2v) is 6.39. The van der Waals surface area contributed by atoms with Gasteiger partial charge in [0.25, 0.3) is 5.82 Å². The van der Waals surface area contributed by atoms with Crippen molar-refractivity contribution >= 4 is 0 Å². The molecule has 0 aliphatic carbocycles. The zero-order valence-corrected chi connectivity index (χ0v) is 16.5. The number of imidazole rings is 1. The lowest BCUT2D eigenvalue weighted by Gasteiger charge is -2.02. The van der Waals surface area contributed by atoms with E-state index in [1.54, 1.807) is 0 Å². The molecule has 0 spiro atoms. The average molecular weight is 373 g/mol. The fourth-order valence-electron chi connectivity index (χ4n) is 2.96. The standard InChI is InChI=1S/C19H36N2.BrH/c1-3-5-7-9-11-13-15-19-20-16-18-21(19)17-14-12-10-8-6-4-2;/h16,18H,3-15,17H2,1-2H3;1H. The van der Waals surface area contributed by atoms with E-state index in [1.807, 2.05) is 0 Å². The van der Waals surface area contributed by atoms with Crippen molar-refractivity contribution in [2.45, 2.75) is 104 Å². The Labute approximate surface area is 148 Å². The number of H-pyrrole nitrogens is 1. The molecule has 0 saturated heterocycles. The minimum absolute atomic E-state index is 0. The van der Waals surface area contributed by atoms with Crippen LogP contribution in [0.2, 0.25) is 0 Å². The van der Waals surface area contributed by atoms with Gasteiger partial charge in [0, 0.05) is 6.42 Å². The first-order chi connectivity index (χ1) is 10.4. The van der Waals surface area contributed by atoms with Crippen LogP contribution in [0.15, 0.2) is 12.4 Å². The molecule has 0 aliphatic rings. The normalized spacial score (nSPS) is 10.6. The molecule has 0 amide bonds. The highest BCUT2D eigenvalue weighted by atomic mass is 79.9. The van der Waals surface area contributed by atoms with Gasteiger partial charge in [0.15, 0.2) is 0 Å². The highest BCUT2D eigenvalue weighted by molar-refractivity contribution is 4.77. The summed E-state index contributed by atoms with van der Waals surface area (Å²) >= 11 is 0. The van der Waals surface area contributed by atoms with Crippen LogP contribution in [0, 0.1) is 0 Å². The van der Waals surface area contributed by atoms with Crippen molar-refractivity contribution in [1.29, 1.82) is 0 Å². The summed E-state index contributed by atoms with van der Waals surface area (Å²) in [5, 5.41) is 0. The Balaban J connectivity index is 0.00000441. The van der Waals surface area contributed by atoms with Crippen LogP contribution in [-0.2, 0) is 13.0 Å². The molecule has 0 radical (unpaired) electrons. The van der Waals surface area contributed by atoms with Crippen LogP contribution in [0.5, 0.6) is 0 Å². The molecule has 2 nitrogen and oxygen atoms in total. The molecule has 0 saturated carbocycles. The van der Waals surface area contributed by atoms with Gasteiger partial charge in [-0.15, -0.1) is 0 Å². The monoisotopic (exact) mass is 372 g/mol. The zero-order valence-electron chi connectivity index (χ0n) is 14.9. The van der Waals surface area contributed by atoms with Crippen molar-refractivity contribution in [3.8, 4) is 0 Å². The molecular weight excluding hydrogens is 336 g/mol. The number of hydrogen-bond donors (Lipinski definition) is 1. The fourth-order valence-corrected chi connectivity index (χ4v) is 2.96. The van der Waals surface area contributed by atoms with Gasteiger partial charge >= 0.3 is 0 Å². The third-order valence-corrected chi connectivity index (χ3v) is 4.37. The highest BCUT2D eigenvalue weighted by Gasteiger charge is 2.09. The van der Waals surface area contributed by atoms with Crippen molar-refractivity contribution in [3.05, 3.63) is 18.2 Å². The lowest BCUT2D eigenvalue weighted by Crippen LogP contribution is -3.00. The zero-order chi connectivity index (χ0) is 15.2. The molecule has 1 heterocycles. The number of aryl methyl sites for hydroxylation is 2. The van der Waals surface area contributed by atoms with Crippen LogP contribution in [-0.4, -0.2) is 4.98 Å². The summed E-state index contributed by atoms with van der Waals surface area (Å²) < 4.78 is 2.44. The predicted molar refractivity (Wildman–Crippen MR) is 91.4 cm³/mol. The van der Waals surface area contributed by atoms with Gasteiger partial charge in [-0.05, 0) is 19.3 Å². The number of aromatic amines is 1. The molecule has 0 aromatic carbocycles. The number of halogens is 1. The summed E-state index contributed by atoms with van der Waals surface area (Å²) in [5.41, 5.74) is 0. The van der Waals surface area contributed by atoms with Gasteiger partial charge < -0.3 is 17.0 Å². The maximum atomic E-state index is 3.43. The Kier molecular flexibility index (Phi) is 15.4. The van der Waals surface area contributed by atoms with Crippen LogP contribution < -0.4 is 21.5 Å².